The number of carbonyl (C=O) groups excluding carboxylic acids is 1. The SMILES string of the molecule is C.C.C.C=C(C)C(=O)OCCF.FC(F)(F)F.FCF. The normalized spacial score (nSPS) is 7.80. The second-order valence-corrected chi connectivity index (χ2v) is 2.13. The lowest BCUT2D eigenvalue weighted by molar-refractivity contribution is -0.237. The van der Waals surface area contributed by atoms with Gasteiger partial charge in [0, 0.05) is 5.57 Å². The average molecular weight is 320 g/mol. The first-order valence-electron chi connectivity index (χ1n) is 3.86. The molecular weight excluding hydrogens is 297 g/mol. The fraction of sp³-hybridized carbons (Fsp3) is 0.727. The van der Waals surface area contributed by atoms with Crippen LogP contribution in [0.25, 0.3) is 0 Å². The topological polar surface area (TPSA) is 26.3 Å². The van der Waals surface area contributed by atoms with Gasteiger partial charge in [0.25, 0.3) is 0 Å². The molecule has 0 aromatic heterocycles. The number of alkyl halides is 7. The molecule has 0 radical (unpaired) electrons. The fourth-order valence-corrected chi connectivity index (χ4v) is 0.254. The predicted molar refractivity (Wildman–Crippen MR) is 66.2 cm³/mol. The highest BCUT2D eigenvalue weighted by Crippen LogP contribution is 2.13. The van der Waals surface area contributed by atoms with Crippen molar-refractivity contribution >= 4 is 5.97 Å². The van der Waals surface area contributed by atoms with Crippen LogP contribution in [0.1, 0.15) is 29.2 Å². The van der Waals surface area contributed by atoms with Crippen molar-refractivity contribution in [2.75, 3.05) is 20.2 Å². The second-order valence-electron chi connectivity index (χ2n) is 2.13. The summed E-state index contributed by atoms with van der Waals surface area (Å²) < 4.78 is 73.6. The molecule has 0 atom stereocenters. The van der Waals surface area contributed by atoms with Crippen molar-refractivity contribution in [1.29, 1.82) is 0 Å². The first-order valence-corrected chi connectivity index (χ1v) is 3.86. The van der Waals surface area contributed by atoms with E-state index in [0.717, 1.165) is 0 Å². The second kappa shape index (κ2) is 22.9. The number of esters is 1. The van der Waals surface area contributed by atoms with E-state index in [0.29, 0.717) is 5.57 Å². The molecular formula is C11H23F7O2. The van der Waals surface area contributed by atoms with Crippen molar-refractivity contribution < 1.29 is 40.3 Å². The first kappa shape index (κ1) is 36.3. The molecule has 20 heavy (non-hydrogen) atoms. The van der Waals surface area contributed by atoms with Gasteiger partial charge >= 0.3 is 12.4 Å². The smallest absolute Gasteiger partial charge is 0.460 e. The zero-order valence-electron chi connectivity index (χ0n) is 8.79. The van der Waals surface area contributed by atoms with Gasteiger partial charge < -0.3 is 4.74 Å². The maximum atomic E-state index is 11.3. The molecule has 0 amide bonds. The highest BCUT2D eigenvalue weighted by atomic mass is 19.5. The van der Waals surface area contributed by atoms with E-state index in [2.05, 4.69) is 11.3 Å². The van der Waals surface area contributed by atoms with E-state index < -0.39 is 26.0 Å². The summed E-state index contributed by atoms with van der Waals surface area (Å²) in [5, 5.41) is 0. The van der Waals surface area contributed by atoms with E-state index >= 15 is 0 Å². The van der Waals surface area contributed by atoms with Crippen molar-refractivity contribution in [3.05, 3.63) is 12.2 Å². The van der Waals surface area contributed by atoms with Crippen molar-refractivity contribution in [3.63, 3.8) is 0 Å². The maximum Gasteiger partial charge on any atom is 0.559 e. The van der Waals surface area contributed by atoms with Gasteiger partial charge in [-0.1, -0.05) is 28.9 Å². The third-order valence-electron chi connectivity index (χ3n) is 0.659. The average Bonchev–Trinajstić information content (AvgIpc) is 2.12. The van der Waals surface area contributed by atoms with Gasteiger partial charge in [-0.2, -0.15) is 0 Å². The molecule has 0 aliphatic rings. The van der Waals surface area contributed by atoms with Crippen molar-refractivity contribution in [2.45, 2.75) is 35.6 Å². The van der Waals surface area contributed by atoms with Crippen molar-refractivity contribution in [1.82, 2.24) is 0 Å². The number of hydrogen-bond donors (Lipinski definition) is 0. The molecule has 0 rings (SSSR count). The van der Waals surface area contributed by atoms with Crippen LogP contribution in [0.3, 0.4) is 0 Å². The molecule has 0 saturated carbocycles. The Bertz CT molecular complexity index is 199. The van der Waals surface area contributed by atoms with Crippen LogP contribution < -0.4 is 0 Å². The number of hydrogen-bond acceptors (Lipinski definition) is 2. The molecule has 0 aromatic carbocycles. The minimum atomic E-state index is -5.50. The van der Waals surface area contributed by atoms with E-state index in [1.54, 1.807) is 0 Å². The van der Waals surface area contributed by atoms with E-state index in [9.17, 15) is 35.5 Å². The minimum Gasteiger partial charge on any atom is -0.460 e. The first-order chi connectivity index (χ1) is 7.59. The van der Waals surface area contributed by atoms with Gasteiger partial charge in [0.2, 0.25) is 6.93 Å². The molecule has 0 heterocycles. The van der Waals surface area contributed by atoms with Crippen LogP contribution in [0.5, 0.6) is 0 Å². The fourth-order valence-electron chi connectivity index (χ4n) is 0.254. The standard InChI is InChI=1S/C6H9FO2.CF4.CH2F2.3CH4/c1-5(2)6(8)9-4-3-7;2-1(3,4)5;2-1-3;;;/h1,3-4H2,2H3;;1H2;3*1H4. The van der Waals surface area contributed by atoms with E-state index in [-0.39, 0.29) is 28.9 Å². The lowest BCUT2D eigenvalue weighted by Crippen LogP contribution is -2.06. The molecule has 0 bridgehead atoms. The zero-order chi connectivity index (χ0) is 14.5. The predicted octanol–water partition coefficient (Wildman–Crippen LogP) is 5.34. The van der Waals surface area contributed by atoms with Gasteiger partial charge in [-0.05, 0) is 6.92 Å². The minimum absolute atomic E-state index is 0. The highest BCUT2D eigenvalue weighted by Gasteiger charge is 2.24. The Morgan fingerprint density at radius 1 is 1.05 bits per heavy atom. The van der Waals surface area contributed by atoms with E-state index in [1.807, 2.05) is 0 Å². The zero-order valence-corrected chi connectivity index (χ0v) is 8.79. The molecule has 0 unspecified atom stereocenters. The molecule has 0 saturated heterocycles. The number of rotatable bonds is 3. The molecule has 0 spiro atoms. The summed E-state index contributed by atoms with van der Waals surface area (Å²) in [5.74, 6) is -0.535. The Kier molecular flexibility index (Phi) is 41.5. The summed E-state index contributed by atoms with van der Waals surface area (Å²) in [6, 6.07) is 0. The molecule has 0 fully saturated rings. The van der Waals surface area contributed by atoms with Crippen molar-refractivity contribution in [2.24, 2.45) is 0 Å². The lowest BCUT2D eigenvalue weighted by atomic mass is 10.4. The Morgan fingerprint density at radius 2 is 1.30 bits per heavy atom. The van der Waals surface area contributed by atoms with Crippen LogP contribution in [-0.2, 0) is 9.53 Å². The summed E-state index contributed by atoms with van der Waals surface area (Å²) in [6.45, 7) is 2.26. The third-order valence-corrected chi connectivity index (χ3v) is 0.659. The van der Waals surface area contributed by atoms with Gasteiger partial charge in [-0.15, -0.1) is 17.6 Å². The van der Waals surface area contributed by atoms with Crippen molar-refractivity contribution in [3.8, 4) is 0 Å². The van der Waals surface area contributed by atoms with Crippen LogP contribution in [0.4, 0.5) is 30.7 Å². The molecule has 0 aromatic rings. The van der Waals surface area contributed by atoms with Gasteiger partial charge in [0.1, 0.15) is 13.3 Å². The summed E-state index contributed by atoms with van der Waals surface area (Å²) in [6.07, 6.45) is -5.50. The summed E-state index contributed by atoms with van der Waals surface area (Å²) in [5.41, 5.74) is 0.295. The Morgan fingerprint density at radius 3 is 1.45 bits per heavy atom. The highest BCUT2D eigenvalue weighted by molar-refractivity contribution is 5.86. The van der Waals surface area contributed by atoms with Crippen LogP contribution >= 0.6 is 0 Å². The van der Waals surface area contributed by atoms with Crippen LogP contribution in [0, 0.1) is 0 Å². The number of carbonyl (C=O) groups is 1. The molecule has 9 heteroatoms. The molecule has 128 valence electrons. The quantitative estimate of drug-likeness (QED) is 0.398. The maximum absolute atomic E-state index is 11.3. The van der Waals surface area contributed by atoms with Gasteiger partial charge in [0.15, 0.2) is 0 Å². The van der Waals surface area contributed by atoms with E-state index in [4.69, 9.17) is 0 Å². The lowest BCUT2D eigenvalue weighted by Gasteiger charge is -1.98. The molecule has 2 nitrogen and oxygen atoms in total. The molecule has 0 aliphatic heterocycles. The number of halogens is 7. The summed E-state index contributed by atoms with van der Waals surface area (Å²) >= 11 is 0. The van der Waals surface area contributed by atoms with Gasteiger partial charge in [-0.3, -0.25) is 0 Å². The number of ether oxygens (including phenoxy) is 1. The molecule has 0 N–H and O–H groups in total. The molecule has 0 aliphatic carbocycles. The Balaban J connectivity index is -0.0000000389. The third kappa shape index (κ3) is 91.5. The Hall–Kier alpha value is -1.28. The van der Waals surface area contributed by atoms with Crippen LogP contribution in [0.15, 0.2) is 12.2 Å². The summed E-state index contributed by atoms with van der Waals surface area (Å²) in [4.78, 5) is 10.4. The van der Waals surface area contributed by atoms with E-state index in [1.165, 1.54) is 6.92 Å². The monoisotopic (exact) mass is 320 g/mol. The van der Waals surface area contributed by atoms with Gasteiger partial charge in [-0.25, -0.2) is 18.0 Å². The Labute approximate surface area is 115 Å². The van der Waals surface area contributed by atoms with Crippen LogP contribution in [-0.4, -0.2) is 32.6 Å². The van der Waals surface area contributed by atoms with Gasteiger partial charge in [0.05, 0.1) is 0 Å². The summed E-state index contributed by atoms with van der Waals surface area (Å²) in [7, 11) is 0. The largest absolute Gasteiger partial charge is 0.559 e. The van der Waals surface area contributed by atoms with Crippen LogP contribution in [0.2, 0.25) is 0 Å².